The minimum atomic E-state index is -3.33. The minimum Gasteiger partial charge on any atom is -0.365 e. The van der Waals surface area contributed by atoms with Crippen molar-refractivity contribution in [1.82, 2.24) is 14.3 Å². The van der Waals surface area contributed by atoms with E-state index in [-0.39, 0.29) is 0 Å². The number of fused-ring (bicyclic) bond motifs is 1. The van der Waals surface area contributed by atoms with Crippen LogP contribution in [0.4, 0.5) is 5.82 Å². The molecular formula is C15H16N4O2S3. The molecule has 1 aliphatic rings. The molecule has 0 amide bonds. The molecule has 0 aromatic carbocycles. The zero-order valence-corrected chi connectivity index (χ0v) is 15.3. The van der Waals surface area contributed by atoms with Gasteiger partial charge in [0.15, 0.2) is 0 Å². The van der Waals surface area contributed by atoms with Gasteiger partial charge in [-0.2, -0.15) is 4.31 Å². The molecule has 4 rings (SSSR count). The molecule has 4 heterocycles. The van der Waals surface area contributed by atoms with Gasteiger partial charge in [0.05, 0.1) is 11.9 Å². The Balaban J connectivity index is 1.50. The number of aromatic nitrogens is 2. The quantitative estimate of drug-likeness (QED) is 0.736. The van der Waals surface area contributed by atoms with Crippen molar-refractivity contribution in [2.24, 2.45) is 0 Å². The van der Waals surface area contributed by atoms with Gasteiger partial charge in [-0.3, -0.25) is 0 Å². The molecule has 126 valence electrons. The molecule has 6 nitrogen and oxygen atoms in total. The van der Waals surface area contributed by atoms with Gasteiger partial charge in [0.25, 0.3) is 10.0 Å². The first-order chi connectivity index (χ1) is 11.6. The van der Waals surface area contributed by atoms with Crippen LogP contribution in [0.5, 0.6) is 0 Å². The topological polar surface area (TPSA) is 75.2 Å². The number of anilines is 1. The Kier molecular flexibility index (Phi) is 4.25. The van der Waals surface area contributed by atoms with Crippen molar-refractivity contribution in [3.05, 3.63) is 34.8 Å². The second kappa shape index (κ2) is 6.40. The van der Waals surface area contributed by atoms with Crippen LogP contribution >= 0.6 is 22.7 Å². The molecule has 0 spiro atoms. The average molecular weight is 381 g/mol. The fourth-order valence-electron chi connectivity index (χ4n) is 2.75. The SMILES string of the molecule is O=S(=O)(c1ccc(CNc2ncnc3sccc23)s1)N1CCCC1. The third kappa shape index (κ3) is 2.92. The van der Waals surface area contributed by atoms with Gasteiger partial charge in [-0.1, -0.05) is 0 Å². The molecule has 24 heavy (non-hydrogen) atoms. The lowest BCUT2D eigenvalue weighted by molar-refractivity contribution is 0.479. The first-order valence-corrected chi connectivity index (χ1v) is 10.8. The van der Waals surface area contributed by atoms with Crippen LogP contribution in [-0.4, -0.2) is 35.8 Å². The Morgan fingerprint density at radius 3 is 2.83 bits per heavy atom. The molecule has 0 radical (unpaired) electrons. The van der Waals surface area contributed by atoms with Crippen LogP contribution in [0, 0.1) is 0 Å². The number of nitrogens with zero attached hydrogens (tertiary/aromatic N) is 3. The molecular weight excluding hydrogens is 364 g/mol. The highest BCUT2D eigenvalue weighted by Crippen LogP contribution is 2.29. The van der Waals surface area contributed by atoms with Crippen LogP contribution in [-0.2, 0) is 16.6 Å². The maximum Gasteiger partial charge on any atom is 0.252 e. The summed E-state index contributed by atoms with van der Waals surface area (Å²) in [6.45, 7) is 1.80. The van der Waals surface area contributed by atoms with Crippen LogP contribution in [0.15, 0.2) is 34.1 Å². The van der Waals surface area contributed by atoms with E-state index in [1.165, 1.54) is 11.3 Å². The van der Waals surface area contributed by atoms with Crippen molar-refractivity contribution < 1.29 is 8.42 Å². The maximum atomic E-state index is 12.6. The number of hydrogen-bond donors (Lipinski definition) is 1. The summed E-state index contributed by atoms with van der Waals surface area (Å²) in [4.78, 5) is 10.4. The fraction of sp³-hybridized carbons (Fsp3) is 0.333. The summed E-state index contributed by atoms with van der Waals surface area (Å²) >= 11 is 2.89. The van der Waals surface area contributed by atoms with Crippen LogP contribution in [0.3, 0.4) is 0 Å². The van der Waals surface area contributed by atoms with Crippen molar-refractivity contribution in [3.8, 4) is 0 Å². The zero-order valence-electron chi connectivity index (χ0n) is 12.8. The predicted molar refractivity (Wildman–Crippen MR) is 97.1 cm³/mol. The van der Waals surface area contributed by atoms with Gasteiger partial charge in [-0.05, 0) is 36.4 Å². The summed E-state index contributed by atoms with van der Waals surface area (Å²) in [6.07, 6.45) is 3.44. The first-order valence-electron chi connectivity index (χ1n) is 7.65. The maximum absolute atomic E-state index is 12.6. The van der Waals surface area contributed by atoms with E-state index in [9.17, 15) is 8.42 Å². The van der Waals surface area contributed by atoms with Gasteiger partial charge in [0.1, 0.15) is 21.2 Å². The Bertz CT molecular complexity index is 958. The van der Waals surface area contributed by atoms with Gasteiger partial charge in [0.2, 0.25) is 0 Å². The second-order valence-electron chi connectivity index (χ2n) is 5.55. The molecule has 1 N–H and O–H groups in total. The highest BCUT2D eigenvalue weighted by Gasteiger charge is 2.28. The Hall–Kier alpha value is -1.55. The Morgan fingerprint density at radius 1 is 1.17 bits per heavy atom. The van der Waals surface area contributed by atoms with E-state index in [4.69, 9.17) is 0 Å². The largest absolute Gasteiger partial charge is 0.365 e. The first kappa shape index (κ1) is 15.9. The van der Waals surface area contributed by atoms with E-state index in [1.807, 2.05) is 17.5 Å². The van der Waals surface area contributed by atoms with Gasteiger partial charge < -0.3 is 5.32 Å². The van der Waals surface area contributed by atoms with Crippen molar-refractivity contribution in [3.63, 3.8) is 0 Å². The molecule has 0 bridgehead atoms. The third-order valence-corrected chi connectivity index (χ3v) is 8.26. The molecule has 1 aliphatic heterocycles. The second-order valence-corrected chi connectivity index (χ2v) is 9.77. The molecule has 3 aromatic heterocycles. The number of hydrogen-bond acceptors (Lipinski definition) is 7. The van der Waals surface area contributed by atoms with Gasteiger partial charge >= 0.3 is 0 Å². The Labute approximate surface area is 148 Å². The standard InChI is InChI=1S/C15H16N4O2S3/c20-24(21,19-6-1-2-7-19)13-4-3-11(23-13)9-16-14-12-5-8-22-15(12)18-10-17-14/h3-5,8,10H,1-2,6-7,9H2,(H,16,17,18). The van der Waals surface area contributed by atoms with Gasteiger partial charge in [-0.15, -0.1) is 22.7 Å². The lowest BCUT2D eigenvalue weighted by Gasteiger charge is -2.13. The summed E-state index contributed by atoms with van der Waals surface area (Å²) in [5.41, 5.74) is 0. The minimum absolute atomic E-state index is 0.421. The van der Waals surface area contributed by atoms with Gasteiger partial charge in [0, 0.05) is 18.0 Å². The molecule has 0 saturated carbocycles. The van der Waals surface area contributed by atoms with Crippen LogP contribution in [0.25, 0.3) is 10.2 Å². The number of sulfonamides is 1. The van der Waals surface area contributed by atoms with Crippen molar-refractivity contribution in [1.29, 1.82) is 0 Å². The zero-order chi connectivity index (χ0) is 16.6. The lowest BCUT2D eigenvalue weighted by atomic mass is 10.3. The van der Waals surface area contributed by atoms with Crippen LogP contribution in [0.2, 0.25) is 0 Å². The molecule has 0 atom stereocenters. The van der Waals surface area contributed by atoms with E-state index < -0.39 is 10.0 Å². The highest BCUT2D eigenvalue weighted by atomic mass is 32.2. The predicted octanol–water partition coefficient (Wildman–Crippen LogP) is 3.15. The van der Waals surface area contributed by atoms with E-state index in [1.54, 1.807) is 28.0 Å². The van der Waals surface area contributed by atoms with Crippen molar-refractivity contribution in [2.45, 2.75) is 23.6 Å². The van der Waals surface area contributed by atoms with E-state index in [0.29, 0.717) is 23.8 Å². The molecule has 3 aromatic rings. The normalized spacial score (nSPS) is 16.0. The highest BCUT2D eigenvalue weighted by molar-refractivity contribution is 7.91. The molecule has 1 fully saturated rings. The monoisotopic (exact) mass is 380 g/mol. The third-order valence-electron chi connectivity index (χ3n) is 3.99. The Morgan fingerprint density at radius 2 is 2.00 bits per heavy atom. The summed E-state index contributed by atoms with van der Waals surface area (Å²) in [5, 5.41) is 6.25. The van der Waals surface area contributed by atoms with E-state index in [0.717, 1.165) is 33.8 Å². The lowest BCUT2D eigenvalue weighted by Crippen LogP contribution is -2.27. The van der Waals surface area contributed by atoms with Gasteiger partial charge in [-0.25, -0.2) is 18.4 Å². The van der Waals surface area contributed by atoms with Crippen molar-refractivity contribution in [2.75, 3.05) is 18.4 Å². The molecule has 0 aliphatic carbocycles. The molecule has 9 heteroatoms. The number of nitrogens with one attached hydrogen (secondary N) is 1. The van der Waals surface area contributed by atoms with E-state index in [2.05, 4.69) is 15.3 Å². The summed E-state index contributed by atoms with van der Waals surface area (Å²) in [7, 11) is -3.33. The summed E-state index contributed by atoms with van der Waals surface area (Å²) < 4.78 is 27.1. The number of rotatable bonds is 5. The summed E-state index contributed by atoms with van der Waals surface area (Å²) in [6, 6.07) is 5.56. The number of thiophene rings is 2. The van der Waals surface area contributed by atoms with Crippen molar-refractivity contribution >= 4 is 48.7 Å². The van der Waals surface area contributed by atoms with E-state index >= 15 is 0 Å². The molecule has 1 saturated heterocycles. The smallest absolute Gasteiger partial charge is 0.252 e. The van der Waals surface area contributed by atoms with Crippen LogP contribution in [0.1, 0.15) is 17.7 Å². The summed E-state index contributed by atoms with van der Waals surface area (Å²) in [5.74, 6) is 0.776. The van der Waals surface area contributed by atoms with Crippen LogP contribution < -0.4 is 5.32 Å². The average Bonchev–Trinajstić information content (AvgIpc) is 3.33. The molecule has 0 unspecified atom stereocenters. The fourth-order valence-corrected chi connectivity index (χ4v) is 6.45.